The highest BCUT2D eigenvalue weighted by molar-refractivity contribution is 9.10. The molecule has 2 amide bonds. The molecule has 0 radical (unpaired) electrons. The number of unbranched alkanes of at least 4 members (excludes halogenated alkanes) is 1. The molecular weight excluding hydrogens is 432 g/mol. The van der Waals surface area contributed by atoms with E-state index in [1.54, 1.807) is 18.9 Å². The van der Waals surface area contributed by atoms with Crippen LogP contribution >= 0.6 is 15.9 Å². The normalized spacial score (nSPS) is 11.6. The Morgan fingerprint density at radius 1 is 1.07 bits per heavy atom. The molecule has 1 atom stereocenters. The monoisotopic (exact) mass is 460 g/mol. The summed E-state index contributed by atoms with van der Waals surface area (Å²) in [6.07, 6.45) is 2.16. The van der Waals surface area contributed by atoms with E-state index < -0.39 is 6.04 Å². The van der Waals surface area contributed by atoms with Gasteiger partial charge in [0, 0.05) is 17.6 Å². The number of methoxy groups -OCH3 is 1. The van der Waals surface area contributed by atoms with Crippen molar-refractivity contribution < 1.29 is 14.3 Å². The van der Waals surface area contributed by atoms with Gasteiger partial charge < -0.3 is 15.0 Å². The molecule has 2 aromatic rings. The second kappa shape index (κ2) is 11.6. The smallest absolute Gasteiger partial charge is 0.242 e. The molecule has 0 unspecified atom stereocenters. The van der Waals surface area contributed by atoms with Gasteiger partial charge in [-0.15, -0.1) is 0 Å². The molecule has 2 rings (SSSR count). The van der Waals surface area contributed by atoms with Gasteiger partial charge in [0.1, 0.15) is 11.8 Å². The number of hydrogen-bond donors (Lipinski definition) is 1. The van der Waals surface area contributed by atoms with Gasteiger partial charge in [0.2, 0.25) is 11.8 Å². The fourth-order valence-electron chi connectivity index (χ4n) is 2.92. The summed E-state index contributed by atoms with van der Waals surface area (Å²) in [5.74, 6) is 0.534. The van der Waals surface area contributed by atoms with Gasteiger partial charge in [-0.1, -0.05) is 53.5 Å². The maximum Gasteiger partial charge on any atom is 0.242 e. The van der Waals surface area contributed by atoms with Crippen LogP contribution in [0.25, 0.3) is 0 Å². The summed E-state index contributed by atoms with van der Waals surface area (Å²) in [5, 5.41) is 2.94. The van der Waals surface area contributed by atoms with E-state index in [0.717, 1.165) is 34.2 Å². The molecule has 6 heteroatoms. The average molecular weight is 461 g/mol. The SMILES string of the molecule is CCCCNC(=O)[C@H](C)N(Cc1ccc(Br)cc1)C(=O)Cc1ccc(OC)cc1. The van der Waals surface area contributed by atoms with Crippen LogP contribution in [0.15, 0.2) is 53.0 Å². The van der Waals surface area contributed by atoms with Crippen LogP contribution < -0.4 is 10.1 Å². The molecule has 0 aliphatic rings. The lowest BCUT2D eigenvalue weighted by Crippen LogP contribution is -2.48. The molecule has 29 heavy (non-hydrogen) atoms. The van der Waals surface area contributed by atoms with Crippen LogP contribution in [0.5, 0.6) is 5.75 Å². The first-order chi connectivity index (χ1) is 13.9. The molecule has 0 spiro atoms. The molecular formula is C23H29BrN2O3. The third kappa shape index (κ3) is 7.20. The summed E-state index contributed by atoms with van der Waals surface area (Å²) < 4.78 is 6.15. The van der Waals surface area contributed by atoms with Crippen molar-refractivity contribution in [1.82, 2.24) is 10.2 Å². The first-order valence-electron chi connectivity index (χ1n) is 9.89. The fraction of sp³-hybridized carbons (Fsp3) is 0.391. The van der Waals surface area contributed by atoms with E-state index in [2.05, 4.69) is 28.2 Å². The topological polar surface area (TPSA) is 58.6 Å². The lowest BCUT2D eigenvalue weighted by atomic mass is 10.1. The predicted octanol–water partition coefficient (Wildman–Crippen LogP) is 4.33. The van der Waals surface area contributed by atoms with E-state index in [-0.39, 0.29) is 18.2 Å². The van der Waals surface area contributed by atoms with E-state index in [0.29, 0.717) is 13.1 Å². The predicted molar refractivity (Wildman–Crippen MR) is 119 cm³/mol. The van der Waals surface area contributed by atoms with Gasteiger partial charge in [-0.3, -0.25) is 9.59 Å². The van der Waals surface area contributed by atoms with Crippen molar-refractivity contribution in [2.45, 2.75) is 45.7 Å². The summed E-state index contributed by atoms with van der Waals surface area (Å²) in [7, 11) is 1.61. The molecule has 0 saturated heterocycles. The Balaban J connectivity index is 2.15. The zero-order chi connectivity index (χ0) is 21.2. The van der Waals surface area contributed by atoms with Crippen LogP contribution in [0, 0.1) is 0 Å². The Morgan fingerprint density at radius 3 is 2.28 bits per heavy atom. The molecule has 156 valence electrons. The molecule has 0 aromatic heterocycles. The van der Waals surface area contributed by atoms with Crippen molar-refractivity contribution >= 4 is 27.7 Å². The maximum atomic E-state index is 13.1. The zero-order valence-corrected chi connectivity index (χ0v) is 18.9. The first kappa shape index (κ1) is 22.9. The number of rotatable bonds is 10. The van der Waals surface area contributed by atoms with Crippen molar-refractivity contribution in [1.29, 1.82) is 0 Å². The highest BCUT2D eigenvalue weighted by atomic mass is 79.9. The summed E-state index contributed by atoms with van der Waals surface area (Å²) in [4.78, 5) is 27.4. The standard InChI is InChI=1S/C23H29BrN2O3/c1-4-5-14-25-23(28)17(2)26(16-19-6-10-20(24)11-7-19)22(27)15-18-8-12-21(29-3)13-9-18/h6-13,17H,4-5,14-16H2,1-3H3,(H,25,28)/t17-/m0/s1. The molecule has 0 aliphatic heterocycles. The minimum atomic E-state index is -0.554. The molecule has 0 aliphatic carbocycles. The Labute approximate surface area is 181 Å². The fourth-order valence-corrected chi connectivity index (χ4v) is 3.19. The maximum absolute atomic E-state index is 13.1. The first-order valence-corrected chi connectivity index (χ1v) is 10.7. The van der Waals surface area contributed by atoms with E-state index in [9.17, 15) is 9.59 Å². The summed E-state index contributed by atoms with van der Waals surface area (Å²) in [6, 6.07) is 14.7. The van der Waals surface area contributed by atoms with Gasteiger partial charge in [-0.2, -0.15) is 0 Å². The lowest BCUT2D eigenvalue weighted by molar-refractivity contribution is -0.140. The number of carbonyl (C=O) groups excluding carboxylic acids is 2. The number of halogens is 1. The van der Waals surface area contributed by atoms with Crippen LogP contribution in [0.3, 0.4) is 0 Å². The number of benzene rings is 2. The number of hydrogen-bond acceptors (Lipinski definition) is 3. The minimum absolute atomic E-state index is 0.0868. The van der Waals surface area contributed by atoms with E-state index in [4.69, 9.17) is 4.74 Å². The van der Waals surface area contributed by atoms with E-state index >= 15 is 0 Å². The molecule has 1 N–H and O–H groups in total. The van der Waals surface area contributed by atoms with Crippen LogP contribution in [0.4, 0.5) is 0 Å². The third-order valence-corrected chi connectivity index (χ3v) is 5.31. The zero-order valence-electron chi connectivity index (χ0n) is 17.3. The minimum Gasteiger partial charge on any atom is -0.497 e. The van der Waals surface area contributed by atoms with Crippen molar-refractivity contribution in [3.05, 3.63) is 64.1 Å². The number of nitrogens with one attached hydrogen (secondary N) is 1. The lowest BCUT2D eigenvalue weighted by Gasteiger charge is -2.29. The van der Waals surface area contributed by atoms with Crippen molar-refractivity contribution in [2.24, 2.45) is 0 Å². The second-order valence-corrected chi connectivity index (χ2v) is 7.91. The number of carbonyl (C=O) groups is 2. The van der Waals surface area contributed by atoms with Crippen molar-refractivity contribution in [2.75, 3.05) is 13.7 Å². The number of ether oxygens (including phenoxy) is 1. The third-order valence-electron chi connectivity index (χ3n) is 4.78. The highest BCUT2D eigenvalue weighted by Crippen LogP contribution is 2.17. The molecule has 0 heterocycles. The Kier molecular flexibility index (Phi) is 9.19. The van der Waals surface area contributed by atoms with Crippen LogP contribution in [-0.4, -0.2) is 36.4 Å². The Hall–Kier alpha value is -2.34. The number of amides is 2. The largest absolute Gasteiger partial charge is 0.497 e. The summed E-state index contributed by atoms with van der Waals surface area (Å²) >= 11 is 3.43. The summed E-state index contributed by atoms with van der Waals surface area (Å²) in [5.41, 5.74) is 1.86. The molecule has 0 saturated carbocycles. The van der Waals surface area contributed by atoms with E-state index in [1.165, 1.54) is 0 Å². The number of nitrogens with zero attached hydrogens (tertiary/aromatic N) is 1. The van der Waals surface area contributed by atoms with Gasteiger partial charge in [-0.05, 0) is 48.7 Å². The van der Waals surface area contributed by atoms with Gasteiger partial charge in [0.15, 0.2) is 0 Å². The van der Waals surface area contributed by atoms with Gasteiger partial charge in [0.05, 0.1) is 13.5 Å². The van der Waals surface area contributed by atoms with Crippen molar-refractivity contribution in [3.8, 4) is 5.75 Å². The van der Waals surface area contributed by atoms with Crippen molar-refractivity contribution in [3.63, 3.8) is 0 Å². The van der Waals surface area contributed by atoms with Gasteiger partial charge in [-0.25, -0.2) is 0 Å². The second-order valence-electron chi connectivity index (χ2n) is 6.99. The quantitative estimate of drug-likeness (QED) is 0.536. The molecule has 0 bridgehead atoms. The van der Waals surface area contributed by atoms with E-state index in [1.807, 2.05) is 48.5 Å². The van der Waals surface area contributed by atoms with Crippen LogP contribution in [-0.2, 0) is 22.6 Å². The van der Waals surface area contributed by atoms with Crippen LogP contribution in [0.2, 0.25) is 0 Å². The average Bonchev–Trinajstić information content (AvgIpc) is 2.73. The Morgan fingerprint density at radius 2 is 1.69 bits per heavy atom. The van der Waals surface area contributed by atoms with Gasteiger partial charge in [0.25, 0.3) is 0 Å². The summed E-state index contributed by atoms with van der Waals surface area (Å²) in [6.45, 7) is 4.86. The highest BCUT2D eigenvalue weighted by Gasteiger charge is 2.26. The van der Waals surface area contributed by atoms with Gasteiger partial charge >= 0.3 is 0 Å². The molecule has 5 nitrogen and oxygen atoms in total. The molecule has 0 fully saturated rings. The molecule has 2 aromatic carbocycles. The Bertz CT molecular complexity index is 791. The van der Waals surface area contributed by atoms with Crippen LogP contribution in [0.1, 0.15) is 37.8 Å².